The lowest BCUT2D eigenvalue weighted by atomic mass is 10.1. The average Bonchev–Trinajstić information content (AvgIpc) is 2.48. The number of carbonyl (C=O) groups excluding carboxylic acids is 1. The van der Waals surface area contributed by atoms with Crippen LogP contribution in [0.5, 0.6) is 0 Å². The van der Waals surface area contributed by atoms with E-state index in [0.29, 0.717) is 26.4 Å². The Hall–Kier alpha value is -0.420. The van der Waals surface area contributed by atoms with Gasteiger partial charge in [-0.1, -0.05) is 6.42 Å². The van der Waals surface area contributed by atoms with E-state index in [1.807, 2.05) is 0 Å². The molecule has 0 saturated carbocycles. The summed E-state index contributed by atoms with van der Waals surface area (Å²) in [5.74, 6) is -0.783. The van der Waals surface area contributed by atoms with Crippen molar-refractivity contribution in [3.63, 3.8) is 0 Å². The maximum absolute atomic E-state index is 12.7. The van der Waals surface area contributed by atoms with Crippen LogP contribution in [-0.2, 0) is 23.1 Å². The summed E-state index contributed by atoms with van der Waals surface area (Å²) in [6.45, 7) is 8.76. The van der Waals surface area contributed by atoms with E-state index < -0.39 is 13.5 Å². The minimum absolute atomic E-state index is 0.0873. The summed E-state index contributed by atoms with van der Waals surface area (Å²) in [5, 5.41) is 0. The number of nitrogens with zero attached hydrogens (tertiary/aromatic N) is 1. The molecule has 0 aromatic heterocycles. The van der Waals surface area contributed by atoms with Crippen LogP contribution >= 0.6 is 7.60 Å². The lowest BCUT2D eigenvalue weighted by Gasteiger charge is -2.30. The van der Waals surface area contributed by atoms with Crippen molar-refractivity contribution in [2.24, 2.45) is 5.92 Å². The second-order valence-electron chi connectivity index (χ2n) is 5.44. The van der Waals surface area contributed by atoms with E-state index in [2.05, 4.69) is 4.90 Å². The van der Waals surface area contributed by atoms with Gasteiger partial charge in [-0.3, -0.25) is 9.36 Å². The molecule has 0 aromatic rings. The number of rotatable bonds is 10. The lowest BCUT2D eigenvalue weighted by molar-refractivity contribution is -0.148. The lowest BCUT2D eigenvalue weighted by Crippen LogP contribution is -2.39. The van der Waals surface area contributed by atoms with Gasteiger partial charge in [0.15, 0.2) is 0 Å². The van der Waals surface area contributed by atoms with Crippen molar-refractivity contribution >= 4 is 13.6 Å². The third-order valence-electron chi connectivity index (χ3n) is 3.64. The summed E-state index contributed by atoms with van der Waals surface area (Å²) in [4.78, 5) is 14.5. The first-order valence-electron chi connectivity index (χ1n) is 8.31. The second kappa shape index (κ2) is 10.4. The third kappa shape index (κ3) is 6.78. The Labute approximate surface area is 134 Å². The van der Waals surface area contributed by atoms with Gasteiger partial charge in [-0.05, 0) is 46.7 Å². The minimum Gasteiger partial charge on any atom is -0.466 e. The number of ether oxygens (including phenoxy) is 1. The highest BCUT2D eigenvalue weighted by Crippen LogP contribution is 2.49. The van der Waals surface area contributed by atoms with Crippen LogP contribution in [0, 0.1) is 5.92 Å². The van der Waals surface area contributed by atoms with E-state index in [1.165, 1.54) is 6.42 Å². The number of esters is 1. The van der Waals surface area contributed by atoms with Crippen LogP contribution in [-0.4, -0.2) is 56.5 Å². The molecular weight excluding hydrogens is 305 g/mol. The van der Waals surface area contributed by atoms with Gasteiger partial charge in [0.25, 0.3) is 0 Å². The highest BCUT2D eigenvalue weighted by atomic mass is 31.2. The Morgan fingerprint density at radius 3 is 2.14 bits per heavy atom. The molecule has 0 amide bonds. The maximum atomic E-state index is 12.7. The van der Waals surface area contributed by atoms with Crippen molar-refractivity contribution in [1.82, 2.24) is 4.90 Å². The SMILES string of the molecule is CCOC(=O)C(CN1CCCCC1)CP(=O)(OCC)OCC. The molecule has 1 heterocycles. The predicted molar refractivity (Wildman–Crippen MR) is 86.1 cm³/mol. The molecule has 0 N–H and O–H groups in total. The first kappa shape index (κ1) is 19.6. The van der Waals surface area contributed by atoms with Crippen molar-refractivity contribution in [3.05, 3.63) is 0 Å². The average molecular weight is 335 g/mol. The molecule has 1 fully saturated rings. The van der Waals surface area contributed by atoms with Crippen molar-refractivity contribution in [2.45, 2.75) is 40.0 Å². The molecule has 0 bridgehead atoms. The van der Waals surface area contributed by atoms with E-state index in [-0.39, 0.29) is 12.1 Å². The van der Waals surface area contributed by atoms with Gasteiger partial charge in [-0.2, -0.15) is 0 Å². The molecule has 1 atom stereocenters. The van der Waals surface area contributed by atoms with Crippen molar-refractivity contribution in [1.29, 1.82) is 0 Å². The Morgan fingerprint density at radius 1 is 1.05 bits per heavy atom. The molecule has 1 aliphatic heterocycles. The molecule has 0 radical (unpaired) electrons. The van der Waals surface area contributed by atoms with Crippen LogP contribution in [0.4, 0.5) is 0 Å². The van der Waals surface area contributed by atoms with Gasteiger partial charge in [0.1, 0.15) is 0 Å². The predicted octanol–water partition coefficient (Wildman–Crippen LogP) is 2.92. The largest absolute Gasteiger partial charge is 0.466 e. The molecule has 1 saturated heterocycles. The molecule has 1 aliphatic rings. The highest BCUT2D eigenvalue weighted by molar-refractivity contribution is 7.53. The fraction of sp³-hybridized carbons (Fsp3) is 0.933. The van der Waals surface area contributed by atoms with Crippen LogP contribution < -0.4 is 0 Å². The van der Waals surface area contributed by atoms with Crippen LogP contribution in [0.3, 0.4) is 0 Å². The Kier molecular flexibility index (Phi) is 9.25. The zero-order chi connectivity index (χ0) is 16.4. The van der Waals surface area contributed by atoms with E-state index in [9.17, 15) is 9.36 Å². The standard InChI is InChI=1S/C15H30NO5P/c1-4-19-15(17)14(12-16-10-8-7-9-11-16)13-22(18,20-5-2)21-6-3/h14H,4-13H2,1-3H3. The highest BCUT2D eigenvalue weighted by Gasteiger charge is 2.34. The fourth-order valence-corrected chi connectivity index (χ4v) is 4.60. The van der Waals surface area contributed by atoms with Gasteiger partial charge < -0.3 is 18.7 Å². The monoisotopic (exact) mass is 335 g/mol. The van der Waals surface area contributed by atoms with Gasteiger partial charge in [0, 0.05) is 6.54 Å². The summed E-state index contributed by atoms with van der Waals surface area (Å²) in [7, 11) is -3.25. The second-order valence-corrected chi connectivity index (χ2v) is 7.54. The van der Waals surface area contributed by atoms with Gasteiger partial charge in [-0.25, -0.2) is 0 Å². The Bertz CT molecular complexity index is 361. The summed E-state index contributed by atoms with van der Waals surface area (Å²) < 4.78 is 28.5. The molecule has 1 rings (SSSR count). The quantitative estimate of drug-likeness (QED) is 0.452. The zero-order valence-corrected chi connectivity index (χ0v) is 15.0. The number of hydrogen-bond donors (Lipinski definition) is 0. The molecule has 7 heteroatoms. The number of piperidine rings is 1. The Morgan fingerprint density at radius 2 is 1.64 bits per heavy atom. The minimum atomic E-state index is -3.25. The van der Waals surface area contributed by atoms with E-state index in [1.54, 1.807) is 20.8 Å². The fourth-order valence-electron chi connectivity index (χ4n) is 2.73. The maximum Gasteiger partial charge on any atom is 0.331 e. The van der Waals surface area contributed by atoms with Crippen LogP contribution in [0.25, 0.3) is 0 Å². The zero-order valence-electron chi connectivity index (χ0n) is 14.1. The van der Waals surface area contributed by atoms with E-state index in [4.69, 9.17) is 13.8 Å². The molecule has 1 unspecified atom stereocenters. The number of carbonyl (C=O) groups is 1. The van der Waals surface area contributed by atoms with Crippen LogP contribution in [0.2, 0.25) is 0 Å². The van der Waals surface area contributed by atoms with E-state index >= 15 is 0 Å². The van der Waals surface area contributed by atoms with Gasteiger partial charge in [0.2, 0.25) is 0 Å². The third-order valence-corrected chi connectivity index (χ3v) is 5.83. The van der Waals surface area contributed by atoms with Crippen molar-refractivity contribution in [3.8, 4) is 0 Å². The molecule has 0 aliphatic carbocycles. The van der Waals surface area contributed by atoms with E-state index in [0.717, 1.165) is 25.9 Å². The first-order chi connectivity index (χ1) is 10.5. The number of likely N-dealkylation sites (tertiary alicyclic amines) is 1. The summed E-state index contributed by atoms with van der Waals surface area (Å²) >= 11 is 0. The summed E-state index contributed by atoms with van der Waals surface area (Å²) in [6.07, 6.45) is 3.61. The normalized spacial score (nSPS) is 18.1. The van der Waals surface area contributed by atoms with Crippen LogP contribution in [0.15, 0.2) is 0 Å². The van der Waals surface area contributed by atoms with Crippen LogP contribution in [0.1, 0.15) is 40.0 Å². The Balaban J connectivity index is 2.74. The molecule has 22 heavy (non-hydrogen) atoms. The van der Waals surface area contributed by atoms with Gasteiger partial charge in [-0.15, -0.1) is 0 Å². The smallest absolute Gasteiger partial charge is 0.331 e. The van der Waals surface area contributed by atoms with Gasteiger partial charge >= 0.3 is 13.6 Å². The van der Waals surface area contributed by atoms with Gasteiger partial charge in [0.05, 0.1) is 31.9 Å². The summed E-state index contributed by atoms with van der Waals surface area (Å²) in [5.41, 5.74) is 0. The topological polar surface area (TPSA) is 65.1 Å². The molecule has 0 spiro atoms. The van der Waals surface area contributed by atoms with Crippen molar-refractivity contribution in [2.75, 3.05) is 45.6 Å². The van der Waals surface area contributed by atoms with Crippen molar-refractivity contribution < 1.29 is 23.1 Å². The first-order valence-corrected chi connectivity index (χ1v) is 10.0. The molecular formula is C15H30NO5P. The molecule has 6 nitrogen and oxygen atoms in total. The summed E-state index contributed by atoms with van der Waals surface area (Å²) in [6, 6.07) is 0. The molecule has 0 aromatic carbocycles. The molecule has 130 valence electrons. The number of hydrogen-bond acceptors (Lipinski definition) is 6.